The van der Waals surface area contributed by atoms with E-state index in [-0.39, 0.29) is 11.8 Å². The van der Waals surface area contributed by atoms with Crippen molar-refractivity contribution in [3.8, 4) is 0 Å². The summed E-state index contributed by atoms with van der Waals surface area (Å²) in [7, 11) is 1.73. The molecule has 0 saturated heterocycles. The highest BCUT2D eigenvalue weighted by Crippen LogP contribution is 2.17. The van der Waals surface area contributed by atoms with Crippen LogP contribution in [0.25, 0.3) is 6.08 Å². The third-order valence-corrected chi connectivity index (χ3v) is 4.05. The second-order valence-electron chi connectivity index (χ2n) is 6.01. The highest BCUT2D eigenvalue weighted by atomic mass is 16.2. The fourth-order valence-electron chi connectivity index (χ4n) is 2.61. The summed E-state index contributed by atoms with van der Waals surface area (Å²) >= 11 is 0. The van der Waals surface area contributed by atoms with Gasteiger partial charge in [0, 0.05) is 30.1 Å². The van der Waals surface area contributed by atoms with E-state index in [2.05, 4.69) is 5.32 Å². The largest absolute Gasteiger partial charge is 0.322 e. The third kappa shape index (κ3) is 4.92. The Morgan fingerprint density at radius 2 is 1.52 bits per heavy atom. The van der Waals surface area contributed by atoms with E-state index in [0.717, 1.165) is 11.3 Å². The van der Waals surface area contributed by atoms with Crippen molar-refractivity contribution in [1.29, 1.82) is 0 Å². The summed E-state index contributed by atoms with van der Waals surface area (Å²) in [6.45, 7) is 0. The van der Waals surface area contributed by atoms with Crippen LogP contribution in [0.4, 0.5) is 11.4 Å². The normalized spacial score (nSPS) is 10.6. The first-order chi connectivity index (χ1) is 13.1. The van der Waals surface area contributed by atoms with Crippen molar-refractivity contribution in [1.82, 2.24) is 0 Å². The minimum Gasteiger partial charge on any atom is -0.322 e. The average Bonchev–Trinajstić information content (AvgIpc) is 2.73. The quantitative estimate of drug-likeness (QED) is 0.679. The Hall–Kier alpha value is -3.66. The van der Waals surface area contributed by atoms with E-state index in [0.29, 0.717) is 11.3 Å². The molecule has 4 heteroatoms. The maximum absolute atomic E-state index is 12.7. The first-order valence-corrected chi connectivity index (χ1v) is 8.61. The molecule has 0 aliphatic rings. The molecule has 0 aliphatic heterocycles. The molecule has 0 atom stereocenters. The maximum atomic E-state index is 12.7. The Bertz CT molecular complexity index is 950. The Morgan fingerprint density at radius 1 is 0.852 bits per heavy atom. The van der Waals surface area contributed by atoms with Gasteiger partial charge in [0.05, 0.1) is 0 Å². The van der Waals surface area contributed by atoms with E-state index < -0.39 is 0 Å². The van der Waals surface area contributed by atoms with Crippen molar-refractivity contribution in [3.63, 3.8) is 0 Å². The third-order valence-electron chi connectivity index (χ3n) is 4.05. The lowest BCUT2D eigenvalue weighted by Gasteiger charge is -2.17. The number of amides is 2. The smallest absolute Gasteiger partial charge is 0.258 e. The molecule has 0 aromatic heterocycles. The molecule has 0 aliphatic carbocycles. The Balaban J connectivity index is 1.69. The van der Waals surface area contributed by atoms with Gasteiger partial charge in [-0.2, -0.15) is 0 Å². The predicted molar refractivity (Wildman–Crippen MR) is 110 cm³/mol. The molecule has 134 valence electrons. The summed E-state index contributed by atoms with van der Waals surface area (Å²) < 4.78 is 0. The SMILES string of the molecule is CN(C(=O)c1cccc(NC(=O)/C=C/c2ccccc2)c1)c1ccccc1. The van der Waals surface area contributed by atoms with Crippen molar-refractivity contribution < 1.29 is 9.59 Å². The molecular formula is C23H20N2O2. The summed E-state index contributed by atoms with van der Waals surface area (Å²) in [6.07, 6.45) is 3.22. The number of anilines is 2. The van der Waals surface area contributed by atoms with E-state index in [4.69, 9.17) is 0 Å². The molecule has 4 nitrogen and oxygen atoms in total. The molecule has 3 aromatic carbocycles. The van der Waals surface area contributed by atoms with Gasteiger partial charge in [0.1, 0.15) is 0 Å². The molecule has 0 bridgehead atoms. The number of nitrogens with zero attached hydrogens (tertiary/aromatic N) is 1. The minimum absolute atomic E-state index is 0.142. The first-order valence-electron chi connectivity index (χ1n) is 8.61. The molecule has 2 amide bonds. The molecule has 1 N–H and O–H groups in total. The maximum Gasteiger partial charge on any atom is 0.258 e. The monoisotopic (exact) mass is 356 g/mol. The van der Waals surface area contributed by atoms with Gasteiger partial charge >= 0.3 is 0 Å². The highest BCUT2D eigenvalue weighted by molar-refractivity contribution is 6.07. The number of rotatable bonds is 5. The molecular weight excluding hydrogens is 336 g/mol. The minimum atomic E-state index is -0.250. The Morgan fingerprint density at radius 3 is 2.22 bits per heavy atom. The number of benzene rings is 3. The van der Waals surface area contributed by atoms with Crippen molar-refractivity contribution in [2.75, 3.05) is 17.3 Å². The Labute approximate surface area is 158 Å². The fourth-order valence-corrected chi connectivity index (χ4v) is 2.61. The molecule has 0 unspecified atom stereocenters. The standard InChI is InChI=1S/C23H20N2O2/c1-25(21-13-6-3-7-14-21)23(27)19-11-8-12-20(17-19)24-22(26)16-15-18-9-4-2-5-10-18/h2-17H,1H3,(H,24,26)/b16-15+. The molecule has 27 heavy (non-hydrogen) atoms. The van der Waals surface area contributed by atoms with E-state index >= 15 is 0 Å². The van der Waals surface area contributed by atoms with Gasteiger partial charge in [0.2, 0.25) is 5.91 Å². The van der Waals surface area contributed by atoms with Gasteiger partial charge in [-0.1, -0.05) is 54.6 Å². The van der Waals surface area contributed by atoms with E-state index in [9.17, 15) is 9.59 Å². The predicted octanol–water partition coefficient (Wildman–Crippen LogP) is 4.62. The van der Waals surface area contributed by atoms with Gasteiger partial charge in [-0.3, -0.25) is 9.59 Å². The van der Waals surface area contributed by atoms with Gasteiger partial charge in [-0.25, -0.2) is 0 Å². The van der Waals surface area contributed by atoms with Gasteiger partial charge < -0.3 is 10.2 Å². The second kappa shape index (κ2) is 8.63. The molecule has 0 fully saturated rings. The summed E-state index contributed by atoms with van der Waals surface area (Å²) in [5.41, 5.74) is 2.83. The lowest BCUT2D eigenvalue weighted by Crippen LogP contribution is -2.26. The van der Waals surface area contributed by atoms with Crippen LogP contribution in [0.3, 0.4) is 0 Å². The van der Waals surface area contributed by atoms with Gasteiger partial charge in [0.15, 0.2) is 0 Å². The summed E-state index contributed by atoms with van der Waals surface area (Å²) in [4.78, 5) is 26.4. The summed E-state index contributed by atoms with van der Waals surface area (Å²) in [5.74, 6) is -0.392. The zero-order chi connectivity index (χ0) is 19.1. The highest BCUT2D eigenvalue weighted by Gasteiger charge is 2.13. The zero-order valence-corrected chi connectivity index (χ0v) is 15.0. The lowest BCUT2D eigenvalue weighted by atomic mass is 10.1. The number of carbonyl (C=O) groups excluding carboxylic acids is 2. The molecule has 0 spiro atoms. The first kappa shape index (κ1) is 18.1. The van der Waals surface area contributed by atoms with Crippen LogP contribution in [-0.2, 0) is 4.79 Å². The van der Waals surface area contributed by atoms with Crippen LogP contribution in [0.15, 0.2) is 91.0 Å². The van der Waals surface area contributed by atoms with Gasteiger partial charge in [-0.15, -0.1) is 0 Å². The summed E-state index contributed by atoms with van der Waals surface area (Å²) in [5, 5.41) is 2.79. The van der Waals surface area contributed by atoms with Crippen LogP contribution < -0.4 is 10.2 Å². The molecule has 0 saturated carbocycles. The van der Waals surface area contributed by atoms with Crippen LogP contribution in [0.5, 0.6) is 0 Å². The number of carbonyl (C=O) groups is 2. The molecule has 3 rings (SSSR count). The van der Waals surface area contributed by atoms with Crippen LogP contribution in [0, 0.1) is 0 Å². The van der Waals surface area contributed by atoms with Crippen LogP contribution in [-0.4, -0.2) is 18.9 Å². The van der Waals surface area contributed by atoms with Crippen LogP contribution >= 0.6 is 0 Å². The molecule has 0 radical (unpaired) electrons. The van der Waals surface area contributed by atoms with E-state index in [1.54, 1.807) is 42.3 Å². The Kier molecular flexibility index (Phi) is 5.80. The number of hydrogen-bond donors (Lipinski definition) is 1. The van der Waals surface area contributed by atoms with Crippen molar-refractivity contribution in [2.45, 2.75) is 0 Å². The number of nitrogens with one attached hydrogen (secondary N) is 1. The number of hydrogen-bond acceptors (Lipinski definition) is 2. The van der Waals surface area contributed by atoms with E-state index in [1.165, 1.54) is 6.08 Å². The van der Waals surface area contributed by atoms with Gasteiger partial charge in [-0.05, 0) is 42.0 Å². The van der Waals surface area contributed by atoms with Crippen LogP contribution in [0.2, 0.25) is 0 Å². The van der Waals surface area contributed by atoms with Crippen molar-refractivity contribution in [2.24, 2.45) is 0 Å². The second-order valence-corrected chi connectivity index (χ2v) is 6.01. The van der Waals surface area contributed by atoms with Gasteiger partial charge in [0.25, 0.3) is 5.91 Å². The van der Waals surface area contributed by atoms with Crippen molar-refractivity contribution >= 4 is 29.3 Å². The van der Waals surface area contributed by atoms with Crippen molar-refractivity contribution in [3.05, 3.63) is 102 Å². The summed E-state index contributed by atoms with van der Waals surface area (Å²) in [6, 6.07) is 25.9. The number of para-hydroxylation sites is 1. The lowest BCUT2D eigenvalue weighted by molar-refractivity contribution is -0.111. The topological polar surface area (TPSA) is 49.4 Å². The molecule has 0 heterocycles. The molecule has 3 aromatic rings. The fraction of sp³-hybridized carbons (Fsp3) is 0.0435. The zero-order valence-electron chi connectivity index (χ0n) is 15.0. The average molecular weight is 356 g/mol. The van der Waals surface area contributed by atoms with E-state index in [1.807, 2.05) is 60.7 Å². The van der Waals surface area contributed by atoms with Crippen LogP contribution in [0.1, 0.15) is 15.9 Å².